The number of amides is 2. The third-order valence-corrected chi connectivity index (χ3v) is 5.40. The van der Waals surface area contributed by atoms with Crippen molar-refractivity contribution in [2.24, 2.45) is 0 Å². The Morgan fingerprint density at radius 3 is 2.39 bits per heavy atom. The van der Waals surface area contributed by atoms with E-state index < -0.39 is 17.3 Å². The summed E-state index contributed by atoms with van der Waals surface area (Å²) < 4.78 is 13.2. The van der Waals surface area contributed by atoms with Crippen LogP contribution in [-0.2, 0) is 11.2 Å². The Morgan fingerprint density at radius 2 is 1.70 bits per heavy atom. The van der Waals surface area contributed by atoms with E-state index in [1.165, 1.54) is 42.3 Å². The van der Waals surface area contributed by atoms with Crippen molar-refractivity contribution in [3.8, 4) is 0 Å². The molecule has 3 aromatic carbocycles. The molecule has 6 nitrogen and oxygen atoms in total. The predicted octanol–water partition coefficient (Wildman–Crippen LogP) is 4.43. The number of benzene rings is 3. The molecule has 0 atom stereocenters. The zero-order valence-corrected chi connectivity index (χ0v) is 18.2. The molecule has 0 aliphatic rings. The maximum absolute atomic E-state index is 13.2. The van der Waals surface area contributed by atoms with Gasteiger partial charge in [-0.15, -0.1) is 0 Å². The average Bonchev–Trinajstić information content (AvgIpc) is 2.80. The van der Waals surface area contributed by atoms with E-state index in [4.69, 9.17) is 0 Å². The molecular formula is C26H22FN3O3. The van der Waals surface area contributed by atoms with Crippen molar-refractivity contribution in [1.82, 2.24) is 4.98 Å². The van der Waals surface area contributed by atoms with Gasteiger partial charge in [-0.25, -0.2) is 4.39 Å². The first-order chi connectivity index (χ1) is 15.8. The Morgan fingerprint density at radius 1 is 1.00 bits per heavy atom. The minimum Gasteiger partial charge on any atom is -0.325 e. The van der Waals surface area contributed by atoms with Crippen molar-refractivity contribution < 1.29 is 14.0 Å². The van der Waals surface area contributed by atoms with Crippen molar-refractivity contribution in [3.05, 3.63) is 106 Å². The first-order valence-corrected chi connectivity index (χ1v) is 10.4. The van der Waals surface area contributed by atoms with Crippen LogP contribution in [0.4, 0.5) is 15.8 Å². The summed E-state index contributed by atoms with van der Waals surface area (Å²) in [6.07, 6.45) is 0.194. The van der Waals surface area contributed by atoms with Gasteiger partial charge in [-0.2, -0.15) is 0 Å². The molecule has 0 aliphatic carbocycles. The number of aromatic nitrogens is 1. The smallest absolute Gasteiger partial charge is 0.263 e. The molecule has 1 aromatic heterocycles. The van der Waals surface area contributed by atoms with Crippen LogP contribution in [0, 0.1) is 12.7 Å². The van der Waals surface area contributed by atoms with Gasteiger partial charge < -0.3 is 15.2 Å². The Kier molecular flexibility index (Phi) is 6.04. The summed E-state index contributed by atoms with van der Waals surface area (Å²) in [7, 11) is 1.51. The van der Waals surface area contributed by atoms with Crippen LogP contribution < -0.4 is 15.8 Å². The van der Waals surface area contributed by atoms with Crippen molar-refractivity contribution >= 4 is 34.1 Å². The monoisotopic (exact) mass is 443 g/mol. The predicted molar refractivity (Wildman–Crippen MR) is 127 cm³/mol. The van der Waals surface area contributed by atoms with Crippen molar-refractivity contribution in [2.75, 3.05) is 17.3 Å². The minimum absolute atomic E-state index is 0.0884. The van der Waals surface area contributed by atoms with E-state index in [0.717, 1.165) is 11.1 Å². The topological polar surface area (TPSA) is 82.3 Å². The molecule has 2 amide bonds. The molecule has 4 rings (SSSR count). The SMILES string of the molecule is Cc1ccc(CC(=O)Nc2cccc3[nH]c(=O)c(C(=O)N(C)c4ccc(F)cc4)cc23)cc1. The largest absolute Gasteiger partial charge is 0.325 e. The number of hydrogen-bond acceptors (Lipinski definition) is 3. The number of nitrogens with zero attached hydrogens (tertiary/aromatic N) is 1. The van der Waals surface area contributed by atoms with Crippen LogP contribution in [0.25, 0.3) is 10.9 Å². The number of aromatic amines is 1. The summed E-state index contributed by atoms with van der Waals surface area (Å²) in [5.74, 6) is -1.19. The number of anilines is 2. The molecule has 33 heavy (non-hydrogen) atoms. The van der Waals surface area contributed by atoms with E-state index in [9.17, 15) is 18.8 Å². The number of hydrogen-bond donors (Lipinski definition) is 2. The molecular weight excluding hydrogens is 421 g/mol. The van der Waals surface area contributed by atoms with Gasteiger partial charge in [-0.05, 0) is 55.0 Å². The second-order valence-electron chi connectivity index (χ2n) is 7.83. The lowest BCUT2D eigenvalue weighted by Gasteiger charge is -2.17. The van der Waals surface area contributed by atoms with Crippen LogP contribution in [-0.4, -0.2) is 23.8 Å². The zero-order chi connectivity index (χ0) is 23.5. The first kappa shape index (κ1) is 22.0. The molecule has 2 N–H and O–H groups in total. The molecule has 4 aromatic rings. The van der Waals surface area contributed by atoms with Crippen LogP contribution in [0.1, 0.15) is 21.5 Å². The minimum atomic E-state index is -0.551. The maximum Gasteiger partial charge on any atom is 0.263 e. The molecule has 0 bridgehead atoms. The summed E-state index contributed by atoms with van der Waals surface area (Å²) in [6.45, 7) is 1.98. The highest BCUT2D eigenvalue weighted by atomic mass is 19.1. The van der Waals surface area contributed by atoms with Gasteiger partial charge in [0.2, 0.25) is 5.91 Å². The standard InChI is InChI=1S/C26H22FN3O3/c1-16-6-8-17(9-7-16)14-24(31)28-22-4-3-5-23-20(22)15-21(25(32)29-23)26(33)30(2)19-12-10-18(27)11-13-19/h3-13,15H,14H2,1-2H3,(H,28,31)(H,29,32). The second kappa shape index (κ2) is 9.08. The van der Waals surface area contributed by atoms with Crippen molar-refractivity contribution in [2.45, 2.75) is 13.3 Å². The van der Waals surface area contributed by atoms with Gasteiger partial charge in [0, 0.05) is 18.1 Å². The number of pyridine rings is 1. The Labute approximate surface area is 189 Å². The number of halogens is 1. The fourth-order valence-corrected chi connectivity index (χ4v) is 3.55. The molecule has 0 spiro atoms. The molecule has 0 radical (unpaired) electrons. The highest BCUT2D eigenvalue weighted by molar-refractivity contribution is 6.09. The lowest BCUT2D eigenvalue weighted by Crippen LogP contribution is -2.31. The van der Waals surface area contributed by atoms with Gasteiger partial charge in [0.1, 0.15) is 11.4 Å². The van der Waals surface area contributed by atoms with Crippen LogP contribution in [0.2, 0.25) is 0 Å². The fourth-order valence-electron chi connectivity index (χ4n) is 3.55. The van der Waals surface area contributed by atoms with Gasteiger partial charge in [-0.3, -0.25) is 14.4 Å². The summed E-state index contributed by atoms with van der Waals surface area (Å²) >= 11 is 0. The number of fused-ring (bicyclic) bond motifs is 1. The van der Waals surface area contributed by atoms with Gasteiger partial charge >= 0.3 is 0 Å². The molecule has 0 saturated heterocycles. The van der Waals surface area contributed by atoms with Gasteiger partial charge in [0.05, 0.1) is 17.6 Å². The number of carbonyl (C=O) groups is 2. The van der Waals surface area contributed by atoms with Crippen LogP contribution in [0.5, 0.6) is 0 Å². The lowest BCUT2D eigenvalue weighted by molar-refractivity contribution is -0.115. The third kappa shape index (κ3) is 4.82. The first-order valence-electron chi connectivity index (χ1n) is 10.4. The molecule has 0 fully saturated rings. The van der Waals surface area contributed by atoms with E-state index >= 15 is 0 Å². The van der Waals surface area contributed by atoms with E-state index in [1.807, 2.05) is 31.2 Å². The van der Waals surface area contributed by atoms with Crippen LogP contribution >= 0.6 is 0 Å². The summed E-state index contributed by atoms with van der Waals surface area (Å²) in [5.41, 5.74) is 2.77. The van der Waals surface area contributed by atoms with Crippen LogP contribution in [0.15, 0.2) is 77.6 Å². The quantitative estimate of drug-likeness (QED) is 0.479. The number of aryl methyl sites for hydroxylation is 1. The number of rotatable bonds is 5. The summed E-state index contributed by atoms with van der Waals surface area (Å²) in [5, 5.41) is 3.41. The van der Waals surface area contributed by atoms with E-state index in [2.05, 4.69) is 10.3 Å². The molecule has 0 unspecified atom stereocenters. The number of H-pyrrole nitrogens is 1. The molecule has 166 valence electrons. The summed E-state index contributed by atoms with van der Waals surface area (Å²) in [6, 6.07) is 19.7. The van der Waals surface area contributed by atoms with Gasteiger partial charge in [0.25, 0.3) is 11.5 Å². The third-order valence-electron chi connectivity index (χ3n) is 5.40. The Balaban J connectivity index is 1.64. The van der Waals surface area contributed by atoms with Crippen molar-refractivity contribution in [3.63, 3.8) is 0 Å². The molecule has 1 heterocycles. The summed E-state index contributed by atoms with van der Waals surface area (Å²) in [4.78, 5) is 42.2. The Hall–Kier alpha value is -4.26. The van der Waals surface area contributed by atoms with E-state index in [1.54, 1.807) is 18.2 Å². The highest BCUT2D eigenvalue weighted by Gasteiger charge is 2.19. The molecule has 0 saturated carbocycles. The fraction of sp³-hybridized carbons (Fsp3) is 0.115. The van der Waals surface area contributed by atoms with Gasteiger partial charge in [0.15, 0.2) is 0 Å². The van der Waals surface area contributed by atoms with E-state index in [0.29, 0.717) is 22.3 Å². The van der Waals surface area contributed by atoms with E-state index in [-0.39, 0.29) is 17.9 Å². The highest BCUT2D eigenvalue weighted by Crippen LogP contribution is 2.23. The maximum atomic E-state index is 13.2. The second-order valence-corrected chi connectivity index (χ2v) is 7.83. The van der Waals surface area contributed by atoms with Crippen molar-refractivity contribution in [1.29, 1.82) is 0 Å². The Bertz CT molecular complexity index is 1390. The van der Waals surface area contributed by atoms with Gasteiger partial charge in [-0.1, -0.05) is 35.9 Å². The number of carbonyl (C=O) groups excluding carboxylic acids is 2. The normalized spacial score (nSPS) is 10.8. The molecule has 7 heteroatoms. The average molecular weight is 443 g/mol. The lowest BCUT2D eigenvalue weighted by atomic mass is 10.1. The molecule has 0 aliphatic heterocycles. The number of nitrogens with one attached hydrogen (secondary N) is 2. The van der Waals surface area contributed by atoms with Crippen LogP contribution in [0.3, 0.4) is 0 Å². The zero-order valence-electron chi connectivity index (χ0n) is 18.2.